The van der Waals surface area contributed by atoms with Crippen LogP contribution in [-0.2, 0) is 19.1 Å². The maximum absolute atomic E-state index is 13.7. The summed E-state index contributed by atoms with van der Waals surface area (Å²) in [5, 5.41) is 6.08. The summed E-state index contributed by atoms with van der Waals surface area (Å²) >= 11 is 0. The maximum atomic E-state index is 13.7. The molecule has 0 bridgehead atoms. The molecule has 2 fully saturated rings. The third-order valence-corrected chi connectivity index (χ3v) is 7.09. The molecule has 4 rings (SSSR count). The second-order valence-electron chi connectivity index (χ2n) is 13.0. The van der Waals surface area contributed by atoms with Gasteiger partial charge in [0.15, 0.2) is 0 Å². The number of para-hydroxylation sites is 1. The van der Waals surface area contributed by atoms with E-state index in [-0.39, 0.29) is 31.3 Å². The summed E-state index contributed by atoms with van der Waals surface area (Å²) in [6, 6.07) is 7.99. The summed E-state index contributed by atoms with van der Waals surface area (Å²) in [5.41, 5.74) is -0.207. The molecule has 0 aliphatic carbocycles. The van der Waals surface area contributed by atoms with Gasteiger partial charge in [-0.2, -0.15) is 0 Å². The van der Waals surface area contributed by atoms with E-state index in [0.717, 1.165) is 10.9 Å². The number of nitrogens with zero attached hydrogens (tertiary/aromatic N) is 4. The number of alkyl carbamates (subject to hydrolysis) is 1. The van der Waals surface area contributed by atoms with Crippen LogP contribution in [0.2, 0.25) is 0 Å². The lowest BCUT2D eigenvalue weighted by Gasteiger charge is -2.37. The number of hydrogen-bond acceptors (Lipinski definition) is 8. The lowest BCUT2D eigenvalue weighted by atomic mass is 10.1. The summed E-state index contributed by atoms with van der Waals surface area (Å²) in [6.07, 6.45) is 0.365. The molecule has 5 amide bonds. The Kier molecular flexibility index (Phi) is 9.65. The lowest BCUT2D eigenvalue weighted by Crippen LogP contribution is -2.55. The smallest absolute Gasteiger partial charge is 0.411 e. The number of pyridine rings is 1. The first-order valence-corrected chi connectivity index (χ1v) is 14.8. The number of ether oxygens (including phenoxy) is 2. The van der Waals surface area contributed by atoms with E-state index in [1.54, 1.807) is 57.5 Å². The van der Waals surface area contributed by atoms with Gasteiger partial charge in [0.25, 0.3) is 5.91 Å². The average Bonchev–Trinajstić information content (AvgIpc) is 3.37. The molecule has 0 unspecified atom stereocenters. The Hall–Kier alpha value is -4.42. The molecule has 13 heteroatoms. The van der Waals surface area contributed by atoms with Gasteiger partial charge in [-0.05, 0) is 60.1 Å². The van der Waals surface area contributed by atoms with Crippen molar-refractivity contribution in [3.63, 3.8) is 0 Å². The van der Waals surface area contributed by atoms with Gasteiger partial charge in [0.05, 0.1) is 11.1 Å². The van der Waals surface area contributed by atoms with Gasteiger partial charge in [-0.25, -0.2) is 9.59 Å². The third-order valence-electron chi connectivity index (χ3n) is 7.09. The first kappa shape index (κ1) is 32.5. The minimum atomic E-state index is -0.860. The zero-order valence-electron chi connectivity index (χ0n) is 26.2. The Morgan fingerprint density at radius 1 is 0.909 bits per heavy atom. The Labute approximate surface area is 257 Å². The van der Waals surface area contributed by atoms with E-state index in [0.29, 0.717) is 31.7 Å². The molecule has 44 heavy (non-hydrogen) atoms. The number of amides is 5. The summed E-state index contributed by atoms with van der Waals surface area (Å²) in [6.45, 7) is 11.3. The van der Waals surface area contributed by atoms with Crippen molar-refractivity contribution >= 4 is 40.8 Å². The van der Waals surface area contributed by atoms with Crippen LogP contribution in [0.4, 0.5) is 9.59 Å². The molecule has 3 heterocycles. The van der Waals surface area contributed by atoms with E-state index in [2.05, 4.69) is 15.6 Å². The van der Waals surface area contributed by atoms with Crippen molar-refractivity contribution in [3.05, 3.63) is 42.1 Å². The average molecular weight is 611 g/mol. The maximum Gasteiger partial charge on any atom is 0.411 e. The van der Waals surface area contributed by atoms with Gasteiger partial charge >= 0.3 is 12.2 Å². The molecule has 0 saturated carbocycles. The van der Waals surface area contributed by atoms with Crippen LogP contribution in [-0.4, -0.2) is 112 Å². The number of hydrogen-bond donors (Lipinski definition) is 2. The summed E-state index contributed by atoms with van der Waals surface area (Å²) in [4.78, 5) is 73.6. The van der Waals surface area contributed by atoms with Gasteiger partial charge in [-0.3, -0.25) is 24.3 Å². The number of rotatable bonds is 5. The fourth-order valence-electron chi connectivity index (χ4n) is 5.15. The largest absolute Gasteiger partial charge is 0.444 e. The SMILES string of the molecule is CC(C)(C)OC(=O)NCC(=O)N[C@@H]1C[C@@H](C(=O)N2CCN(C(=O)c3cnc4ccccc4c3)CC2)N(C(=O)OC(C)(C)C)C1. The van der Waals surface area contributed by atoms with E-state index >= 15 is 0 Å². The highest BCUT2D eigenvalue weighted by Gasteiger charge is 2.44. The van der Waals surface area contributed by atoms with Crippen molar-refractivity contribution < 1.29 is 33.4 Å². The molecular weight excluding hydrogens is 568 g/mol. The van der Waals surface area contributed by atoms with Crippen LogP contribution in [0.3, 0.4) is 0 Å². The monoisotopic (exact) mass is 610 g/mol. The molecule has 0 radical (unpaired) electrons. The second kappa shape index (κ2) is 13.1. The molecule has 13 nitrogen and oxygen atoms in total. The fourth-order valence-corrected chi connectivity index (χ4v) is 5.15. The normalized spacial score (nSPS) is 19.0. The number of likely N-dealkylation sites (tertiary alicyclic amines) is 1. The number of nitrogens with one attached hydrogen (secondary N) is 2. The van der Waals surface area contributed by atoms with Gasteiger partial charge in [-0.15, -0.1) is 0 Å². The Morgan fingerprint density at radius 2 is 1.55 bits per heavy atom. The number of piperazine rings is 1. The first-order chi connectivity index (χ1) is 20.6. The topological polar surface area (TPSA) is 150 Å². The Bertz CT molecular complexity index is 1410. The molecule has 2 aliphatic rings. The van der Waals surface area contributed by atoms with E-state index in [4.69, 9.17) is 9.47 Å². The van der Waals surface area contributed by atoms with E-state index in [9.17, 15) is 24.0 Å². The molecule has 0 spiro atoms. The van der Waals surface area contributed by atoms with Crippen LogP contribution in [0.1, 0.15) is 58.3 Å². The summed E-state index contributed by atoms with van der Waals surface area (Å²) in [5.74, 6) is -0.915. The van der Waals surface area contributed by atoms with Gasteiger partial charge < -0.3 is 29.9 Å². The highest BCUT2D eigenvalue weighted by molar-refractivity contribution is 5.97. The predicted octanol–water partition coefficient (Wildman–Crippen LogP) is 2.54. The van der Waals surface area contributed by atoms with Crippen LogP contribution >= 0.6 is 0 Å². The van der Waals surface area contributed by atoms with Crippen LogP contribution < -0.4 is 10.6 Å². The molecule has 1 aromatic carbocycles. The van der Waals surface area contributed by atoms with Crippen molar-refractivity contribution in [2.45, 2.75) is 71.2 Å². The van der Waals surface area contributed by atoms with E-state index in [1.807, 2.05) is 30.3 Å². The quantitative estimate of drug-likeness (QED) is 0.525. The van der Waals surface area contributed by atoms with Crippen molar-refractivity contribution in [1.29, 1.82) is 0 Å². The molecule has 1 aromatic heterocycles. The van der Waals surface area contributed by atoms with Crippen molar-refractivity contribution in [1.82, 2.24) is 30.3 Å². The number of carbonyl (C=O) groups is 5. The Morgan fingerprint density at radius 3 is 2.20 bits per heavy atom. The highest BCUT2D eigenvalue weighted by Crippen LogP contribution is 2.24. The number of aromatic nitrogens is 1. The molecule has 2 N–H and O–H groups in total. The van der Waals surface area contributed by atoms with Crippen LogP contribution in [0.15, 0.2) is 36.5 Å². The van der Waals surface area contributed by atoms with Gasteiger partial charge in [0.1, 0.15) is 23.8 Å². The molecular formula is C31H42N6O7. The van der Waals surface area contributed by atoms with Gasteiger partial charge in [0.2, 0.25) is 11.8 Å². The van der Waals surface area contributed by atoms with Crippen LogP contribution in [0, 0.1) is 0 Å². The lowest BCUT2D eigenvalue weighted by molar-refractivity contribution is -0.137. The first-order valence-electron chi connectivity index (χ1n) is 14.8. The molecule has 2 aliphatic heterocycles. The fraction of sp³-hybridized carbons (Fsp3) is 0.548. The Balaban J connectivity index is 1.37. The third kappa shape index (κ3) is 8.57. The summed E-state index contributed by atoms with van der Waals surface area (Å²) in [7, 11) is 0. The molecule has 238 valence electrons. The standard InChI is InChI=1S/C31H42N6O7/c1-30(2,3)43-28(41)33-18-25(38)34-22-16-24(37(19-22)29(42)44-31(4,5)6)27(40)36-13-11-35(12-14-36)26(39)21-15-20-9-7-8-10-23(20)32-17-21/h7-10,15,17,22,24H,11-14,16,18-19H2,1-6H3,(H,33,41)(H,34,38)/t22-,24+/m1/s1. The van der Waals surface area contributed by atoms with E-state index in [1.165, 1.54) is 4.90 Å². The molecule has 2 saturated heterocycles. The highest BCUT2D eigenvalue weighted by atomic mass is 16.6. The minimum Gasteiger partial charge on any atom is -0.444 e. The second-order valence-corrected chi connectivity index (χ2v) is 13.0. The van der Waals surface area contributed by atoms with Crippen molar-refractivity contribution in [2.75, 3.05) is 39.3 Å². The molecule has 2 aromatic rings. The van der Waals surface area contributed by atoms with Gasteiger partial charge in [0, 0.05) is 50.3 Å². The zero-order valence-corrected chi connectivity index (χ0v) is 26.2. The number of benzene rings is 1. The van der Waals surface area contributed by atoms with Crippen molar-refractivity contribution in [2.24, 2.45) is 0 Å². The van der Waals surface area contributed by atoms with Crippen LogP contribution in [0.5, 0.6) is 0 Å². The predicted molar refractivity (Wildman–Crippen MR) is 162 cm³/mol. The number of fused-ring (bicyclic) bond motifs is 1. The molecule has 2 atom stereocenters. The minimum absolute atomic E-state index is 0.0664. The number of carbonyl (C=O) groups excluding carboxylic acids is 5. The van der Waals surface area contributed by atoms with Gasteiger partial charge in [-0.1, -0.05) is 18.2 Å². The van der Waals surface area contributed by atoms with Crippen LogP contribution in [0.25, 0.3) is 10.9 Å². The zero-order chi connectivity index (χ0) is 32.2. The van der Waals surface area contributed by atoms with E-state index < -0.39 is 41.4 Å². The van der Waals surface area contributed by atoms with Crippen molar-refractivity contribution in [3.8, 4) is 0 Å². The summed E-state index contributed by atoms with van der Waals surface area (Å²) < 4.78 is 10.7.